The molecular weight excluding hydrogens is 452 g/mol. The minimum Gasteiger partial charge on any atom is -0.379 e. The van der Waals surface area contributed by atoms with E-state index >= 15 is 0 Å². The summed E-state index contributed by atoms with van der Waals surface area (Å²) in [6, 6.07) is 16.3. The van der Waals surface area contributed by atoms with Gasteiger partial charge >= 0.3 is 0 Å². The molecular formula is C25H28N4O2S2. The number of para-hydroxylation sites is 2. The van der Waals surface area contributed by atoms with E-state index in [9.17, 15) is 4.79 Å². The second-order valence-corrected chi connectivity index (χ2v) is 10.8. The van der Waals surface area contributed by atoms with Crippen LogP contribution in [0, 0.1) is 0 Å². The lowest BCUT2D eigenvalue weighted by molar-refractivity contribution is -0.116. The smallest absolute Gasteiger partial charge is 0.237 e. The summed E-state index contributed by atoms with van der Waals surface area (Å²) >= 11 is 3.37. The fourth-order valence-corrected chi connectivity index (χ4v) is 6.21. The third kappa shape index (κ3) is 5.35. The summed E-state index contributed by atoms with van der Waals surface area (Å²) in [5.41, 5.74) is 1.95. The van der Waals surface area contributed by atoms with Crippen molar-refractivity contribution in [2.75, 3.05) is 43.5 Å². The van der Waals surface area contributed by atoms with Crippen LogP contribution in [0.5, 0.6) is 0 Å². The Balaban J connectivity index is 1.36. The second kappa shape index (κ2) is 10.4. The lowest BCUT2D eigenvalue weighted by Crippen LogP contribution is -2.36. The number of ether oxygens (including phenoxy) is 1. The Morgan fingerprint density at radius 2 is 1.88 bits per heavy atom. The zero-order chi connectivity index (χ0) is 22.6. The highest BCUT2D eigenvalue weighted by atomic mass is 32.2. The van der Waals surface area contributed by atoms with Crippen LogP contribution in [-0.4, -0.2) is 64.6 Å². The Bertz CT molecular complexity index is 1140. The van der Waals surface area contributed by atoms with Gasteiger partial charge in [-0.1, -0.05) is 49.0 Å². The van der Waals surface area contributed by atoms with Crippen LogP contribution in [0.25, 0.3) is 10.9 Å². The van der Waals surface area contributed by atoms with E-state index < -0.39 is 0 Å². The average molecular weight is 481 g/mol. The van der Waals surface area contributed by atoms with Crippen LogP contribution in [0.2, 0.25) is 0 Å². The first-order valence-corrected chi connectivity index (χ1v) is 13.3. The molecule has 0 saturated carbocycles. The number of anilines is 1. The molecule has 3 aromatic rings. The topological polar surface area (TPSA) is 58.6 Å². The predicted octanol–water partition coefficient (Wildman–Crippen LogP) is 4.47. The van der Waals surface area contributed by atoms with Crippen molar-refractivity contribution in [1.29, 1.82) is 0 Å². The van der Waals surface area contributed by atoms with E-state index in [2.05, 4.69) is 24.0 Å². The number of hydrogen-bond donors (Lipinski definition) is 0. The summed E-state index contributed by atoms with van der Waals surface area (Å²) in [7, 11) is 0. The minimum atomic E-state index is 0.125. The molecule has 1 saturated heterocycles. The van der Waals surface area contributed by atoms with Crippen LogP contribution in [0.15, 0.2) is 58.5 Å². The molecule has 3 heterocycles. The monoisotopic (exact) mass is 480 g/mol. The number of rotatable bonds is 5. The molecule has 0 spiro atoms. The van der Waals surface area contributed by atoms with E-state index in [1.165, 1.54) is 16.7 Å². The lowest BCUT2D eigenvalue weighted by atomic mass is 10.2. The van der Waals surface area contributed by atoms with Gasteiger partial charge in [0.1, 0.15) is 10.9 Å². The van der Waals surface area contributed by atoms with Gasteiger partial charge in [0.25, 0.3) is 0 Å². The van der Waals surface area contributed by atoms with Gasteiger partial charge < -0.3 is 9.64 Å². The van der Waals surface area contributed by atoms with Gasteiger partial charge in [0.05, 0.1) is 36.7 Å². The molecule has 0 N–H and O–H groups in total. The van der Waals surface area contributed by atoms with Crippen molar-refractivity contribution in [2.45, 2.75) is 35.1 Å². The van der Waals surface area contributed by atoms with Crippen molar-refractivity contribution in [1.82, 2.24) is 14.9 Å². The van der Waals surface area contributed by atoms with Crippen LogP contribution in [-0.2, 0) is 16.1 Å². The number of hydrogen-bond acceptors (Lipinski definition) is 7. The van der Waals surface area contributed by atoms with Gasteiger partial charge in [-0.05, 0) is 24.6 Å². The third-order valence-corrected chi connectivity index (χ3v) is 8.17. The number of aromatic nitrogens is 2. The van der Waals surface area contributed by atoms with Crippen LogP contribution in [0.3, 0.4) is 0 Å². The molecule has 1 fully saturated rings. The number of thioether (sulfide) groups is 2. The highest BCUT2D eigenvalue weighted by Crippen LogP contribution is 2.37. The van der Waals surface area contributed by atoms with Crippen molar-refractivity contribution in [3.63, 3.8) is 0 Å². The van der Waals surface area contributed by atoms with E-state index in [1.54, 1.807) is 0 Å². The molecule has 0 radical (unpaired) electrons. The second-order valence-electron chi connectivity index (χ2n) is 8.37. The maximum Gasteiger partial charge on any atom is 0.237 e. The van der Waals surface area contributed by atoms with Crippen molar-refractivity contribution < 1.29 is 9.53 Å². The summed E-state index contributed by atoms with van der Waals surface area (Å²) in [4.78, 5) is 28.5. The van der Waals surface area contributed by atoms with Crippen molar-refractivity contribution in [3.8, 4) is 0 Å². The molecule has 2 aliphatic heterocycles. The number of nitrogens with zero attached hydrogens (tertiary/aromatic N) is 4. The van der Waals surface area contributed by atoms with Crippen molar-refractivity contribution >= 4 is 46.0 Å². The largest absolute Gasteiger partial charge is 0.379 e. The van der Waals surface area contributed by atoms with Gasteiger partial charge in [0, 0.05) is 35.2 Å². The Labute approximate surface area is 203 Å². The molecule has 2 aromatic carbocycles. The molecule has 8 heteroatoms. The maximum absolute atomic E-state index is 13.4. The molecule has 5 rings (SSSR count). The highest BCUT2D eigenvalue weighted by molar-refractivity contribution is 8.00. The van der Waals surface area contributed by atoms with Gasteiger partial charge in [-0.25, -0.2) is 9.97 Å². The normalized spacial score (nSPS) is 19.3. The molecule has 1 aromatic heterocycles. The highest BCUT2D eigenvalue weighted by Gasteiger charge is 2.24. The fraction of sp³-hybridized carbons (Fsp3) is 0.400. The number of fused-ring (bicyclic) bond motifs is 2. The van der Waals surface area contributed by atoms with Crippen LogP contribution < -0.4 is 4.90 Å². The van der Waals surface area contributed by atoms with Crippen LogP contribution in [0.1, 0.15) is 19.2 Å². The van der Waals surface area contributed by atoms with Gasteiger partial charge in [0.15, 0.2) is 0 Å². The molecule has 1 amide bonds. The SMILES string of the molecule is C[C@H]1CCN(C(=O)CSc2nc(CN3CCOCC3)nc3ccccc23)c2ccccc2S1. The maximum atomic E-state index is 13.4. The fourth-order valence-electron chi connectivity index (χ4n) is 4.19. The Hall–Kier alpha value is -2.13. The molecule has 6 nitrogen and oxygen atoms in total. The molecule has 1 atom stereocenters. The van der Waals surface area contributed by atoms with Crippen LogP contribution in [0.4, 0.5) is 5.69 Å². The summed E-state index contributed by atoms with van der Waals surface area (Å²) in [5.74, 6) is 1.28. The van der Waals surface area contributed by atoms with Gasteiger partial charge in [-0.3, -0.25) is 9.69 Å². The van der Waals surface area contributed by atoms with Crippen molar-refractivity contribution in [2.24, 2.45) is 0 Å². The third-order valence-electron chi connectivity index (χ3n) is 5.96. The first kappa shape index (κ1) is 22.7. The van der Waals surface area contributed by atoms with Crippen LogP contribution >= 0.6 is 23.5 Å². The Morgan fingerprint density at radius 1 is 1.09 bits per heavy atom. The van der Waals surface area contributed by atoms with Gasteiger partial charge in [0.2, 0.25) is 5.91 Å². The molecule has 0 bridgehead atoms. The van der Waals surface area contributed by atoms with E-state index in [4.69, 9.17) is 14.7 Å². The number of carbonyl (C=O) groups is 1. The number of carbonyl (C=O) groups excluding carboxylic acids is 1. The van der Waals surface area contributed by atoms with Crippen molar-refractivity contribution in [3.05, 3.63) is 54.4 Å². The molecule has 2 aliphatic rings. The van der Waals surface area contributed by atoms with E-state index in [1.807, 2.05) is 53.1 Å². The Kier molecular flexibility index (Phi) is 7.16. The quantitative estimate of drug-likeness (QED) is 0.394. The molecule has 172 valence electrons. The summed E-state index contributed by atoms with van der Waals surface area (Å²) in [5, 5.41) is 2.37. The van der Waals surface area contributed by atoms with Gasteiger partial charge in [-0.15, -0.1) is 11.8 Å². The van der Waals surface area contributed by atoms with E-state index in [-0.39, 0.29) is 5.91 Å². The zero-order valence-corrected chi connectivity index (χ0v) is 20.4. The first-order chi connectivity index (χ1) is 16.2. The Morgan fingerprint density at radius 3 is 2.76 bits per heavy atom. The zero-order valence-electron chi connectivity index (χ0n) is 18.8. The summed E-state index contributed by atoms with van der Waals surface area (Å²) < 4.78 is 5.46. The number of amides is 1. The van der Waals surface area contributed by atoms with E-state index in [0.717, 1.165) is 66.7 Å². The van der Waals surface area contributed by atoms with E-state index in [0.29, 0.717) is 17.5 Å². The molecule has 33 heavy (non-hydrogen) atoms. The predicted molar refractivity (Wildman–Crippen MR) is 135 cm³/mol. The number of benzene rings is 2. The minimum absolute atomic E-state index is 0.125. The standard InChI is InChI=1S/C25H28N4O2S2/c1-18-10-11-29(21-8-4-5-9-22(21)33-18)24(30)17-32-25-19-6-2-3-7-20(19)26-23(27-25)16-28-12-14-31-15-13-28/h2-9,18H,10-17H2,1H3/t18-/m0/s1. The lowest BCUT2D eigenvalue weighted by Gasteiger charge is -2.26. The summed E-state index contributed by atoms with van der Waals surface area (Å²) in [6.07, 6.45) is 0.982. The molecule has 0 aliphatic carbocycles. The average Bonchev–Trinajstić information content (AvgIpc) is 3.01. The number of morpholine rings is 1. The molecule has 0 unspecified atom stereocenters. The summed E-state index contributed by atoms with van der Waals surface area (Å²) in [6.45, 7) is 6.95. The first-order valence-electron chi connectivity index (χ1n) is 11.4. The van der Waals surface area contributed by atoms with Gasteiger partial charge in [-0.2, -0.15) is 0 Å².